The fourth-order valence-corrected chi connectivity index (χ4v) is 12.2. The Morgan fingerprint density at radius 1 is 0.235 bits per heavy atom. The Labute approximate surface area is 409 Å². The van der Waals surface area contributed by atoms with Crippen LogP contribution < -0.4 is 0 Å². The zero-order chi connectivity index (χ0) is 48.7. The summed E-state index contributed by atoms with van der Waals surface area (Å²) in [6, 6.07) is 45.0. The van der Waals surface area contributed by atoms with Gasteiger partial charge in [0.15, 0.2) is 0 Å². The highest BCUT2D eigenvalue weighted by Crippen LogP contribution is 2.70. The molecule has 0 heteroatoms. The highest BCUT2D eigenvalue weighted by Gasteiger charge is 2.50. The van der Waals surface area contributed by atoms with Crippen molar-refractivity contribution in [1.29, 1.82) is 0 Å². The molecule has 2 atom stereocenters. The van der Waals surface area contributed by atoms with Crippen molar-refractivity contribution in [3.63, 3.8) is 0 Å². The van der Waals surface area contributed by atoms with Gasteiger partial charge in [0.05, 0.1) is 0 Å². The van der Waals surface area contributed by atoms with E-state index in [-0.39, 0.29) is 44.3 Å². The molecule has 0 bridgehead atoms. The molecule has 0 spiro atoms. The fraction of sp³-hybridized carbons (Fsp3) is 0.382. The lowest BCUT2D eigenvalue weighted by atomic mass is 9.78. The first kappa shape index (κ1) is 45.0. The zero-order valence-electron chi connectivity index (χ0n) is 44.5. The molecule has 7 aromatic carbocycles. The van der Waals surface area contributed by atoms with Gasteiger partial charge in [-0.3, -0.25) is 0 Å². The Morgan fingerprint density at radius 3 is 0.824 bits per heavy atom. The standard InChI is InChI=1S/C68H74/c1-63(2,3)41-21-25-47-53(35-41)59-57-49-23-19-38(40-29-45(67(13,14)15)34-46(30-40)68(16,17)18)32-52(49)56-48-26-22-42(64(4,5)6)36-54(48)60(62(56)57)58-50-24-20-37(31-51(50)55(47)61(58)59)39-27-43(65(7,8)9)33-44(28-39)66(10,11)12/h19-36,55-56H,1-18H3. The van der Waals surface area contributed by atoms with Crippen LogP contribution in [0.4, 0.5) is 0 Å². The maximum absolute atomic E-state index is 2.60. The lowest BCUT2D eigenvalue weighted by molar-refractivity contribution is 0.568. The molecule has 7 aromatic rings. The van der Waals surface area contributed by atoms with Crippen LogP contribution in [-0.2, 0) is 32.5 Å². The Bertz CT molecular complexity index is 3030. The summed E-state index contributed by atoms with van der Waals surface area (Å²) in [5, 5.41) is 0. The van der Waals surface area contributed by atoms with E-state index >= 15 is 0 Å². The SMILES string of the molecule is CC(C)(C)c1cc(-c2ccc3c(c2)C2c4ccc(C(C)(C)C)cc4-c4c5c6c(c-3c42)-c2cc(C(C)(C)C)ccc2C6c2cc(-c3cc(C(C)(C)C)cc(C(C)(C)C)c3)ccc2-5)cc(C(C)(C)C)c1. The minimum absolute atomic E-state index is 0.0215. The van der Waals surface area contributed by atoms with Crippen LogP contribution in [0.25, 0.3) is 66.8 Å². The lowest BCUT2D eigenvalue weighted by Crippen LogP contribution is -2.16. The van der Waals surface area contributed by atoms with E-state index in [1.54, 1.807) is 0 Å². The quantitative estimate of drug-likeness (QED) is 0.162. The third-order valence-electron chi connectivity index (χ3n) is 16.4. The smallest absolute Gasteiger partial charge is 0.0365 e. The van der Waals surface area contributed by atoms with E-state index in [1.807, 2.05) is 0 Å². The third kappa shape index (κ3) is 6.73. The Balaban J connectivity index is 1.21. The van der Waals surface area contributed by atoms with Crippen molar-refractivity contribution in [1.82, 2.24) is 0 Å². The van der Waals surface area contributed by atoms with Crippen molar-refractivity contribution in [2.75, 3.05) is 0 Å². The van der Waals surface area contributed by atoms with Crippen LogP contribution in [0.2, 0.25) is 0 Å². The van der Waals surface area contributed by atoms with Crippen molar-refractivity contribution < 1.29 is 0 Å². The first-order chi connectivity index (χ1) is 31.5. The van der Waals surface area contributed by atoms with Crippen molar-refractivity contribution >= 4 is 0 Å². The summed E-state index contributed by atoms with van der Waals surface area (Å²) in [5.74, 6) is 0.335. The molecular formula is C68H74. The first-order valence-electron chi connectivity index (χ1n) is 25.6. The number of hydrogen-bond acceptors (Lipinski definition) is 0. The molecule has 0 saturated heterocycles. The molecule has 0 heterocycles. The Morgan fingerprint density at radius 2 is 0.529 bits per heavy atom. The highest BCUT2D eigenvalue weighted by atomic mass is 14.5. The number of benzene rings is 7. The zero-order valence-corrected chi connectivity index (χ0v) is 44.5. The van der Waals surface area contributed by atoms with E-state index in [0.717, 1.165) is 0 Å². The summed E-state index contributed by atoms with van der Waals surface area (Å²) < 4.78 is 0. The van der Waals surface area contributed by atoms with Crippen molar-refractivity contribution in [3.05, 3.63) is 176 Å². The predicted molar refractivity (Wildman–Crippen MR) is 293 cm³/mol. The molecule has 0 fully saturated rings. The van der Waals surface area contributed by atoms with E-state index < -0.39 is 0 Å². The van der Waals surface area contributed by atoms with Gasteiger partial charge in [0.25, 0.3) is 0 Å². The summed E-state index contributed by atoms with van der Waals surface area (Å²) in [4.78, 5) is 0. The van der Waals surface area contributed by atoms with Gasteiger partial charge in [0.1, 0.15) is 0 Å². The summed E-state index contributed by atoms with van der Waals surface area (Å²) in [5.41, 5.74) is 34.4. The van der Waals surface area contributed by atoms with Gasteiger partial charge in [-0.05, 0) is 178 Å². The van der Waals surface area contributed by atoms with E-state index in [1.165, 1.54) is 134 Å². The van der Waals surface area contributed by atoms with Gasteiger partial charge in [-0.15, -0.1) is 0 Å². The van der Waals surface area contributed by atoms with Gasteiger partial charge in [0, 0.05) is 11.8 Å². The number of hydrogen-bond donors (Lipinski definition) is 0. The molecule has 2 unspecified atom stereocenters. The average molecular weight is 891 g/mol. The van der Waals surface area contributed by atoms with Gasteiger partial charge in [-0.1, -0.05) is 222 Å². The number of rotatable bonds is 2. The van der Waals surface area contributed by atoms with Gasteiger partial charge >= 0.3 is 0 Å². The van der Waals surface area contributed by atoms with Crippen molar-refractivity contribution in [2.45, 2.75) is 169 Å². The van der Waals surface area contributed by atoms with Crippen LogP contribution in [0.3, 0.4) is 0 Å². The van der Waals surface area contributed by atoms with Crippen molar-refractivity contribution in [3.8, 4) is 66.8 Å². The molecule has 4 aliphatic carbocycles. The van der Waals surface area contributed by atoms with Gasteiger partial charge in [0.2, 0.25) is 0 Å². The average Bonchev–Trinajstić information content (AvgIpc) is 3.96. The van der Waals surface area contributed by atoms with Crippen molar-refractivity contribution in [2.24, 2.45) is 0 Å². The maximum Gasteiger partial charge on any atom is 0.0365 e. The van der Waals surface area contributed by atoms with Crippen LogP contribution in [0.1, 0.15) is 203 Å². The van der Waals surface area contributed by atoms with Crippen LogP contribution in [0, 0.1) is 0 Å². The molecule has 0 amide bonds. The molecule has 0 N–H and O–H groups in total. The number of fused-ring (bicyclic) bond motifs is 14. The van der Waals surface area contributed by atoms with Gasteiger partial charge < -0.3 is 0 Å². The van der Waals surface area contributed by atoms with E-state index in [9.17, 15) is 0 Å². The molecule has 68 heavy (non-hydrogen) atoms. The van der Waals surface area contributed by atoms with Crippen LogP contribution in [-0.4, -0.2) is 0 Å². The van der Waals surface area contributed by atoms with E-state index in [2.05, 4.69) is 234 Å². The second-order valence-electron chi connectivity index (χ2n) is 27.5. The van der Waals surface area contributed by atoms with Gasteiger partial charge in [-0.2, -0.15) is 0 Å². The van der Waals surface area contributed by atoms with Crippen LogP contribution in [0.15, 0.2) is 109 Å². The molecule has 0 nitrogen and oxygen atoms in total. The Hall–Kier alpha value is -5.46. The normalized spacial score (nSPS) is 16.7. The molecule has 346 valence electrons. The summed E-state index contributed by atoms with van der Waals surface area (Å²) in [6.45, 7) is 42.5. The summed E-state index contributed by atoms with van der Waals surface area (Å²) in [6.07, 6.45) is 0. The monoisotopic (exact) mass is 891 g/mol. The van der Waals surface area contributed by atoms with E-state index in [4.69, 9.17) is 0 Å². The minimum atomic E-state index is 0.0215. The van der Waals surface area contributed by atoms with Crippen LogP contribution >= 0.6 is 0 Å². The fourth-order valence-electron chi connectivity index (χ4n) is 12.2. The lowest BCUT2D eigenvalue weighted by Gasteiger charge is -2.26. The maximum atomic E-state index is 2.60. The molecule has 0 aliphatic heterocycles. The molecule has 0 saturated carbocycles. The van der Waals surface area contributed by atoms with Crippen LogP contribution in [0.5, 0.6) is 0 Å². The molecule has 0 radical (unpaired) electrons. The Kier molecular flexibility index (Phi) is 9.32. The second-order valence-corrected chi connectivity index (χ2v) is 27.5. The summed E-state index contributed by atoms with van der Waals surface area (Å²) >= 11 is 0. The molecule has 4 aliphatic rings. The first-order valence-corrected chi connectivity index (χ1v) is 25.6. The topological polar surface area (TPSA) is 0 Å². The second kappa shape index (κ2) is 14.1. The third-order valence-corrected chi connectivity index (χ3v) is 16.4. The molecule has 11 rings (SSSR count). The largest absolute Gasteiger partial charge is 0.0582 e. The molecule has 0 aromatic heterocycles. The molecular weight excluding hydrogens is 817 g/mol. The minimum Gasteiger partial charge on any atom is -0.0582 e. The van der Waals surface area contributed by atoms with E-state index in [0.29, 0.717) is 0 Å². The highest BCUT2D eigenvalue weighted by molar-refractivity contribution is 6.13. The summed E-state index contributed by atoms with van der Waals surface area (Å²) in [7, 11) is 0. The predicted octanol–water partition coefficient (Wildman–Crippen LogP) is 19.1. The van der Waals surface area contributed by atoms with Gasteiger partial charge in [-0.25, -0.2) is 0 Å².